The van der Waals surface area contributed by atoms with Crippen LogP contribution in [0, 0.1) is 27.7 Å². The number of aromatic amines is 2. The zero-order chi connectivity index (χ0) is 37.2. The Labute approximate surface area is 297 Å². The van der Waals surface area contributed by atoms with Crippen molar-refractivity contribution in [2.24, 2.45) is 5.73 Å². The van der Waals surface area contributed by atoms with Crippen LogP contribution in [-0.2, 0) is 13.1 Å². The number of H-pyrrole nitrogens is 2. The molecule has 2 unspecified atom stereocenters. The van der Waals surface area contributed by atoms with Crippen LogP contribution in [0.25, 0.3) is 12.2 Å². The van der Waals surface area contributed by atoms with E-state index in [1.165, 1.54) is 0 Å². The molecule has 6 N–H and O–H groups in total. The Morgan fingerprint density at radius 3 is 1.71 bits per heavy atom. The van der Waals surface area contributed by atoms with Crippen LogP contribution in [0.4, 0.5) is 0 Å². The highest BCUT2D eigenvalue weighted by Gasteiger charge is 2.15. The van der Waals surface area contributed by atoms with E-state index in [-0.39, 0.29) is 41.3 Å². The maximum atomic E-state index is 12.5. The van der Waals surface area contributed by atoms with Crippen molar-refractivity contribution in [3.63, 3.8) is 0 Å². The topological polar surface area (TPSA) is 177 Å². The summed E-state index contributed by atoms with van der Waals surface area (Å²) in [4.78, 5) is 51.9. The number of aryl methyl sites for hydroxylation is 4. The number of nitrogens with two attached hydrogens (primary N) is 1. The van der Waals surface area contributed by atoms with Crippen molar-refractivity contribution in [1.29, 1.82) is 0 Å². The van der Waals surface area contributed by atoms with Gasteiger partial charge in [0.2, 0.25) is 0 Å². The lowest BCUT2D eigenvalue weighted by Gasteiger charge is -2.13. The minimum Gasteiger partial charge on any atom is -0.490 e. The van der Waals surface area contributed by atoms with E-state index >= 15 is 0 Å². The molecule has 0 aliphatic carbocycles. The molecule has 1 amide bonds. The van der Waals surface area contributed by atoms with Gasteiger partial charge in [0.25, 0.3) is 17.0 Å². The van der Waals surface area contributed by atoms with Crippen LogP contribution in [0.5, 0.6) is 11.5 Å². The van der Waals surface area contributed by atoms with Gasteiger partial charge in [-0.2, -0.15) is 0 Å². The summed E-state index contributed by atoms with van der Waals surface area (Å²) < 4.78 is 11.5. The minimum absolute atomic E-state index is 0.0648. The first-order valence-electron chi connectivity index (χ1n) is 16.8. The van der Waals surface area contributed by atoms with Gasteiger partial charge in [-0.05, 0) is 101 Å². The maximum Gasteiger partial charge on any atom is 0.335 e. The summed E-state index contributed by atoms with van der Waals surface area (Å²) in [6.45, 7) is 12.0. The highest BCUT2D eigenvalue weighted by molar-refractivity contribution is 5.95. The van der Waals surface area contributed by atoms with Gasteiger partial charge in [0.15, 0.2) is 0 Å². The lowest BCUT2D eigenvalue weighted by molar-refractivity contribution is 0.0696. The molecule has 11 nitrogen and oxygen atoms in total. The van der Waals surface area contributed by atoms with Gasteiger partial charge in [-0.25, -0.2) is 4.79 Å². The highest BCUT2D eigenvalue weighted by atomic mass is 16.5. The number of rotatable bonds is 5. The number of carbonyl (C=O) groups excluding carboxylic acids is 1. The van der Waals surface area contributed by atoms with Gasteiger partial charge >= 0.3 is 5.97 Å². The maximum absolute atomic E-state index is 12.5. The summed E-state index contributed by atoms with van der Waals surface area (Å²) >= 11 is 0. The molecule has 4 heterocycles. The van der Waals surface area contributed by atoms with E-state index in [0.29, 0.717) is 23.2 Å². The van der Waals surface area contributed by atoms with Crippen molar-refractivity contribution in [3.05, 3.63) is 137 Å². The fraction of sp³-hybridized carbons (Fsp3) is 0.300. The number of hydrogen-bond donors (Lipinski definition) is 5. The standard InChI is InChI=1S/C20H22N2O3.C12H12O3.C8H12N2O/c1-12-9-13(2)22-20(24)17(12)11-21-19(23)16-7-8-18-15(10-16)6-4-5-14(3)25-18;1-8-3-2-4-9-7-10(12(13)14)5-6-11(9)15-8;1-5-3-6(2)10-8(11)7(5)4-9/h4,6-10,14H,5,11H2,1-3H3,(H,21,23)(H,22,24);2,4-8H,3H2,1H3,(H,13,14);3H,4,9H2,1-2H3,(H,10,11). The van der Waals surface area contributed by atoms with Gasteiger partial charge in [0, 0.05) is 65.1 Å². The number of carboxylic acids is 1. The van der Waals surface area contributed by atoms with Gasteiger partial charge < -0.3 is 35.6 Å². The molecule has 268 valence electrons. The van der Waals surface area contributed by atoms with Gasteiger partial charge in [-0.1, -0.05) is 24.3 Å². The van der Waals surface area contributed by atoms with Crippen molar-refractivity contribution >= 4 is 24.0 Å². The first kappa shape index (κ1) is 38.1. The zero-order valence-corrected chi connectivity index (χ0v) is 29.9. The van der Waals surface area contributed by atoms with Gasteiger partial charge in [0.1, 0.15) is 11.5 Å². The molecule has 0 bridgehead atoms. The summed E-state index contributed by atoms with van der Waals surface area (Å²) in [6, 6.07) is 14.1. The highest BCUT2D eigenvalue weighted by Crippen LogP contribution is 2.27. The third-order valence-electron chi connectivity index (χ3n) is 8.33. The molecular weight excluding hydrogens is 648 g/mol. The van der Waals surface area contributed by atoms with Crippen molar-refractivity contribution in [2.45, 2.75) is 79.7 Å². The summed E-state index contributed by atoms with van der Waals surface area (Å²) in [6.07, 6.45) is 9.88. The van der Waals surface area contributed by atoms with Crippen molar-refractivity contribution in [1.82, 2.24) is 15.3 Å². The number of carboxylic acid groups (broad SMARTS) is 1. The largest absolute Gasteiger partial charge is 0.490 e. The SMILES string of the molecule is CC1CC=Cc2cc(C(=O)O)ccc2O1.Cc1cc(C)c(CN)c(=O)[nH]1.Cc1cc(C)c(CNC(=O)c2ccc3c(c2)C=CCC(C)O3)c(=O)[nH]1. The molecule has 4 aromatic rings. The molecule has 11 heteroatoms. The van der Waals surface area contributed by atoms with E-state index in [1.807, 2.05) is 90.1 Å². The molecule has 0 saturated carbocycles. The number of benzene rings is 2. The number of aromatic carboxylic acids is 1. The van der Waals surface area contributed by atoms with Crippen LogP contribution in [0.2, 0.25) is 0 Å². The van der Waals surface area contributed by atoms with Crippen LogP contribution in [0.1, 0.15) is 92.2 Å². The van der Waals surface area contributed by atoms with Crippen LogP contribution >= 0.6 is 0 Å². The molecule has 2 aromatic heterocycles. The minimum atomic E-state index is -0.913. The predicted molar refractivity (Wildman–Crippen MR) is 199 cm³/mol. The second-order valence-corrected chi connectivity index (χ2v) is 12.7. The summed E-state index contributed by atoms with van der Waals surface area (Å²) in [5.41, 5.74) is 12.5. The molecule has 0 saturated heterocycles. The van der Waals surface area contributed by atoms with E-state index in [0.717, 1.165) is 58.0 Å². The average molecular weight is 695 g/mol. The van der Waals surface area contributed by atoms with Crippen molar-refractivity contribution < 1.29 is 24.2 Å². The second kappa shape index (κ2) is 17.3. The molecule has 2 aliphatic heterocycles. The Morgan fingerprint density at radius 2 is 1.24 bits per heavy atom. The monoisotopic (exact) mass is 694 g/mol. The number of fused-ring (bicyclic) bond motifs is 2. The van der Waals surface area contributed by atoms with E-state index in [1.54, 1.807) is 24.3 Å². The van der Waals surface area contributed by atoms with Crippen molar-refractivity contribution in [3.8, 4) is 11.5 Å². The number of amides is 1. The third kappa shape index (κ3) is 10.4. The average Bonchev–Trinajstić information content (AvgIpc) is 3.37. The van der Waals surface area contributed by atoms with Crippen LogP contribution in [-0.4, -0.2) is 39.2 Å². The predicted octanol–water partition coefficient (Wildman–Crippen LogP) is 6.13. The first-order valence-corrected chi connectivity index (χ1v) is 16.8. The van der Waals surface area contributed by atoms with Gasteiger partial charge in [-0.15, -0.1) is 0 Å². The summed E-state index contributed by atoms with van der Waals surface area (Å²) in [7, 11) is 0. The van der Waals surface area contributed by atoms with Gasteiger partial charge in [0.05, 0.1) is 17.8 Å². The summed E-state index contributed by atoms with van der Waals surface area (Å²) in [5, 5.41) is 11.7. The van der Waals surface area contributed by atoms with Crippen LogP contribution < -0.4 is 31.6 Å². The molecular formula is C40H46N4O7. The smallest absolute Gasteiger partial charge is 0.335 e. The molecule has 0 fully saturated rings. The third-order valence-corrected chi connectivity index (χ3v) is 8.33. The van der Waals surface area contributed by atoms with E-state index in [2.05, 4.69) is 15.3 Å². The van der Waals surface area contributed by atoms with E-state index in [4.69, 9.17) is 20.3 Å². The lowest BCUT2D eigenvalue weighted by atomic mass is 10.1. The number of pyridine rings is 2. The Balaban J connectivity index is 0.000000190. The van der Waals surface area contributed by atoms with E-state index in [9.17, 15) is 19.2 Å². The Bertz CT molecular complexity index is 2080. The lowest BCUT2D eigenvalue weighted by Crippen LogP contribution is -2.28. The van der Waals surface area contributed by atoms with Gasteiger partial charge in [-0.3, -0.25) is 14.4 Å². The van der Waals surface area contributed by atoms with Crippen molar-refractivity contribution in [2.75, 3.05) is 0 Å². The normalized spacial score (nSPS) is 15.5. The zero-order valence-electron chi connectivity index (χ0n) is 29.9. The molecule has 2 aliphatic rings. The number of hydrogen-bond acceptors (Lipinski definition) is 7. The fourth-order valence-electron chi connectivity index (χ4n) is 5.66. The Hall–Kier alpha value is -5.68. The van der Waals surface area contributed by atoms with Crippen LogP contribution in [0.15, 0.2) is 70.3 Å². The van der Waals surface area contributed by atoms with Crippen LogP contribution in [0.3, 0.4) is 0 Å². The Kier molecular flexibility index (Phi) is 12.9. The number of ether oxygens (including phenoxy) is 2. The number of aromatic nitrogens is 2. The first-order chi connectivity index (χ1) is 24.2. The number of nitrogens with one attached hydrogen (secondary N) is 3. The molecule has 51 heavy (non-hydrogen) atoms. The Morgan fingerprint density at radius 1 is 0.765 bits per heavy atom. The molecule has 2 atom stereocenters. The van der Waals surface area contributed by atoms with E-state index < -0.39 is 5.97 Å². The second-order valence-electron chi connectivity index (χ2n) is 12.7. The summed E-state index contributed by atoms with van der Waals surface area (Å²) in [5.74, 6) is 0.404. The molecule has 0 radical (unpaired) electrons. The number of carbonyl (C=O) groups is 2. The molecule has 6 rings (SSSR count). The fourth-order valence-corrected chi connectivity index (χ4v) is 5.66. The molecule has 2 aromatic carbocycles. The molecule has 0 spiro atoms. The quantitative estimate of drug-likeness (QED) is 0.166.